The lowest BCUT2D eigenvalue weighted by atomic mass is 9.84. The van der Waals surface area contributed by atoms with Gasteiger partial charge >= 0.3 is 0 Å². The van der Waals surface area contributed by atoms with Crippen molar-refractivity contribution >= 4 is 0 Å². The second-order valence-corrected chi connectivity index (χ2v) is 2.12. The number of hydrogen-bond donors (Lipinski definition) is 1. The van der Waals surface area contributed by atoms with Crippen LogP contribution in [0.4, 0.5) is 0 Å². The van der Waals surface area contributed by atoms with Gasteiger partial charge < -0.3 is 5.11 Å². The van der Waals surface area contributed by atoms with Crippen LogP contribution in [-0.4, -0.2) is 11.2 Å². The van der Waals surface area contributed by atoms with Gasteiger partial charge in [-0.15, -0.1) is 0 Å². The third-order valence-corrected chi connectivity index (χ3v) is 1.57. The molecule has 0 aliphatic heterocycles. The average molecular weight is 86.1 g/mol. The molecule has 0 aromatic carbocycles. The lowest BCUT2D eigenvalue weighted by Crippen LogP contribution is -2.27. The monoisotopic (exact) mass is 86.1 g/mol. The van der Waals surface area contributed by atoms with Crippen LogP contribution in [0, 0.1) is 5.92 Å². The first-order chi connectivity index (χ1) is 2.80. The van der Waals surface area contributed by atoms with E-state index in [-0.39, 0.29) is 6.10 Å². The lowest BCUT2D eigenvalue weighted by Gasteiger charge is -2.28. The van der Waals surface area contributed by atoms with Gasteiger partial charge in [-0.1, -0.05) is 6.92 Å². The van der Waals surface area contributed by atoms with Crippen molar-refractivity contribution in [1.82, 2.24) is 0 Å². The molecule has 1 rings (SSSR count). The van der Waals surface area contributed by atoms with Crippen molar-refractivity contribution in [2.24, 2.45) is 5.92 Å². The fourth-order valence-electron chi connectivity index (χ4n) is 0.649. The summed E-state index contributed by atoms with van der Waals surface area (Å²) in [6.45, 7) is 2.08. The van der Waals surface area contributed by atoms with E-state index in [0.29, 0.717) is 5.92 Å². The average Bonchev–Trinajstić information content (AvgIpc) is 1.61. The summed E-state index contributed by atoms with van der Waals surface area (Å²) in [6.07, 6.45) is 2.28. The van der Waals surface area contributed by atoms with E-state index < -0.39 is 0 Å². The highest BCUT2D eigenvalue weighted by atomic mass is 16.3. The van der Waals surface area contributed by atoms with E-state index in [2.05, 4.69) is 6.92 Å². The maximum atomic E-state index is 8.72. The Kier molecular flexibility index (Phi) is 0.845. The fraction of sp³-hybridized carbons (Fsp3) is 1.00. The van der Waals surface area contributed by atoms with Crippen molar-refractivity contribution in [2.45, 2.75) is 25.9 Å². The molecule has 6 heavy (non-hydrogen) atoms. The normalized spacial score (nSPS) is 45.0. The molecule has 0 heterocycles. The molecule has 0 aromatic rings. The quantitative estimate of drug-likeness (QED) is 0.462. The van der Waals surface area contributed by atoms with Crippen LogP contribution < -0.4 is 0 Å². The van der Waals surface area contributed by atoms with E-state index >= 15 is 0 Å². The Morgan fingerprint density at radius 3 is 2.00 bits per heavy atom. The molecule has 0 amide bonds. The summed E-state index contributed by atoms with van der Waals surface area (Å²) in [4.78, 5) is 0. The maximum absolute atomic E-state index is 8.72. The molecule has 1 aliphatic carbocycles. The number of aliphatic hydroxyl groups is 1. The molecule has 36 valence electrons. The van der Waals surface area contributed by atoms with Crippen LogP contribution in [0.5, 0.6) is 0 Å². The summed E-state index contributed by atoms with van der Waals surface area (Å²) in [6, 6.07) is 0. The van der Waals surface area contributed by atoms with Gasteiger partial charge in [0, 0.05) is 0 Å². The predicted molar refractivity (Wildman–Crippen MR) is 24.4 cm³/mol. The van der Waals surface area contributed by atoms with Gasteiger partial charge in [0.2, 0.25) is 0 Å². The number of hydrogen-bond acceptors (Lipinski definition) is 1. The van der Waals surface area contributed by atoms with Gasteiger partial charge in [0.1, 0.15) is 0 Å². The molecule has 1 fully saturated rings. The molecule has 0 unspecified atom stereocenters. The summed E-state index contributed by atoms with van der Waals surface area (Å²) in [5.41, 5.74) is 0. The van der Waals surface area contributed by atoms with Gasteiger partial charge in [-0.05, 0) is 18.8 Å². The van der Waals surface area contributed by atoms with Gasteiger partial charge in [0.25, 0.3) is 0 Å². The molecule has 2 atom stereocenters. The zero-order valence-corrected chi connectivity index (χ0v) is 4.02. The van der Waals surface area contributed by atoms with Crippen LogP contribution in [0.15, 0.2) is 0 Å². The zero-order valence-electron chi connectivity index (χ0n) is 4.02. The summed E-state index contributed by atoms with van der Waals surface area (Å²) in [7, 11) is 0. The zero-order chi connectivity index (χ0) is 4.57. The fourth-order valence-corrected chi connectivity index (χ4v) is 0.649. The highest BCUT2D eigenvalue weighted by Crippen LogP contribution is 2.25. The van der Waals surface area contributed by atoms with Crippen LogP contribution in [-0.2, 0) is 0 Å². The molecule has 1 heteroatoms. The Morgan fingerprint density at radius 1 is 1.50 bits per heavy atom. The Balaban J connectivity index is 2.20. The minimum Gasteiger partial charge on any atom is -0.393 e. The molecular weight excluding hydrogens is 76.1 g/mol. The van der Waals surface area contributed by atoms with Crippen LogP contribution in [0.2, 0.25) is 0 Å². The molecule has 1 nitrogen and oxygen atoms in total. The Morgan fingerprint density at radius 2 is 2.00 bits per heavy atom. The Labute approximate surface area is 38.0 Å². The van der Waals surface area contributed by atoms with E-state index in [1.54, 1.807) is 0 Å². The van der Waals surface area contributed by atoms with Gasteiger partial charge in [-0.3, -0.25) is 0 Å². The minimum absolute atomic E-state index is 0.0324. The standard InChI is InChI=1S/C5H10O/c1-4-2-3-5(4)6/h4-6H,2-3H2,1H3/t4-,5-/m1/s1. The Bertz CT molecular complexity index is 43.9. The SMILES string of the molecule is C[C@@H]1CC[C@H]1O. The molecule has 0 spiro atoms. The number of aliphatic hydroxyl groups excluding tert-OH is 1. The number of rotatable bonds is 0. The van der Waals surface area contributed by atoms with Crippen molar-refractivity contribution in [3.05, 3.63) is 0 Å². The van der Waals surface area contributed by atoms with E-state index in [9.17, 15) is 0 Å². The summed E-state index contributed by atoms with van der Waals surface area (Å²) in [5.74, 6) is 0.588. The summed E-state index contributed by atoms with van der Waals surface area (Å²) in [5, 5.41) is 8.72. The second kappa shape index (κ2) is 1.23. The predicted octanol–water partition coefficient (Wildman–Crippen LogP) is 0.777. The van der Waals surface area contributed by atoms with E-state index in [1.165, 1.54) is 6.42 Å². The molecule has 1 saturated carbocycles. The van der Waals surface area contributed by atoms with Crippen molar-refractivity contribution in [2.75, 3.05) is 0 Å². The van der Waals surface area contributed by atoms with Crippen molar-refractivity contribution in [3.8, 4) is 0 Å². The third-order valence-electron chi connectivity index (χ3n) is 1.57. The second-order valence-electron chi connectivity index (χ2n) is 2.12. The van der Waals surface area contributed by atoms with Crippen LogP contribution in [0.3, 0.4) is 0 Å². The molecule has 0 saturated heterocycles. The van der Waals surface area contributed by atoms with Gasteiger partial charge in [-0.25, -0.2) is 0 Å². The summed E-state index contributed by atoms with van der Waals surface area (Å²) < 4.78 is 0. The first kappa shape index (κ1) is 4.13. The largest absolute Gasteiger partial charge is 0.393 e. The molecular formula is C5H10O. The molecule has 1 N–H and O–H groups in total. The minimum atomic E-state index is 0.0324. The first-order valence-corrected chi connectivity index (χ1v) is 2.49. The molecule has 1 aliphatic rings. The topological polar surface area (TPSA) is 20.2 Å². The smallest absolute Gasteiger partial charge is 0.0565 e. The first-order valence-electron chi connectivity index (χ1n) is 2.49. The summed E-state index contributed by atoms with van der Waals surface area (Å²) >= 11 is 0. The van der Waals surface area contributed by atoms with Gasteiger partial charge in [0.15, 0.2) is 0 Å². The lowest BCUT2D eigenvalue weighted by molar-refractivity contribution is 0.0346. The third kappa shape index (κ3) is 0.432. The maximum Gasteiger partial charge on any atom is 0.0565 e. The molecule has 0 bridgehead atoms. The van der Waals surface area contributed by atoms with Crippen LogP contribution in [0.1, 0.15) is 19.8 Å². The van der Waals surface area contributed by atoms with Crippen molar-refractivity contribution < 1.29 is 5.11 Å². The van der Waals surface area contributed by atoms with Gasteiger partial charge in [-0.2, -0.15) is 0 Å². The highest BCUT2D eigenvalue weighted by molar-refractivity contribution is 4.74. The highest BCUT2D eigenvalue weighted by Gasteiger charge is 2.23. The van der Waals surface area contributed by atoms with E-state index in [1.807, 2.05) is 0 Å². The van der Waals surface area contributed by atoms with E-state index in [0.717, 1.165) is 6.42 Å². The molecule has 0 radical (unpaired) electrons. The van der Waals surface area contributed by atoms with Crippen molar-refractivity contribution in [1.29, 1.82) is 0 Å². The molecule has 0 aromatic heterocycles. The van der Waals surface area contributed by atoms with Crippen LogP contribution in [0.25, 0.3) is 0 Å². The Hall–Kier alpha value is -0.0400. The van der Waals surface area contributed by atoms with Crippen molar-refractivity contribution in [3.63, 3.8) is 0 Å². The van der Waals surface area contributed by atoms with Crippen LogP contribution >= 0.6 is 0 Å². The van der Waals surface area contributed by atoms with E-state index in [4.69, 9.17) is 5.11 Å². The van der Waals surface area contributed by atoms with Gasteiger partial charge in [0.05, 0.1) is 6.10 Å².